The fourth-order valence-electron chi connectivity index (χ4n) is 3.35. The molecule has 1 saturated heterocycles. The zero-order valence-corrected chi connectivity index (χ0v) is 15.3. The van der Waals surface area contributed by atoms with Crippen molar-refractivity contribution in [3.05, 3.63) is 46.8 Å². The fourth-order valence-corrected chi connectivity index (χ4v) is 3.35. The molecule has 2 heterocycles. The first kappa shape index (κ1) is 17.5. The summed E-state index contributed by atoms with van der Waals surface area (Å²) >= 11 is 0. The molecular formula is C19H25N3O3. The molecule has 1 unspecified atom stereocenters. The first-order chi connectivity index (χ1) is 12.0. The molecule has 1 fully saturated rings. The van der Waals surface area contributed by atoms with Crippen LogP contribution < -0.4 is 4.74 Å². The van der Waals surface area contributed by atoms with Crippen LogP contribution in [0.15, 0.2) is 24.3 Å². The average Bonchev–Trinajstić information content (AvgIpc) is 2.94. The summed E-state index contributed by atoms with van der Waals surface area (Å²) in [5.41, 5.74) is 3.45. The standard InChI is InChI=1S/C19H25N3O3/c1-5-22-14(3)18(13(2)20-22)19(23)21-9-10-25-17(12-21)15-7-6-8-16(11-15)24-4/h6-8,11,17H,5,9-10,12H2,1-4H3. The van der Waals surface area contributed by atoms with E-state index in [9.17, 15) is 4.79 Å². The lowest BCUT2D eigenvalue weighted by atomic mass is 10.1. The highest BCUT2D eigenvalue weighted by molar-refractivity contribution is 5.96. The molecule has 1 aromatic carbocycles. The monoisotopic (exact) mass is 343 g/mol. The molecular weight excluding hydrogens is 318 g/mol. The number of aromatic nitrogens is 2. The molecule has 3 rings (SSSR count). The van der Waals surface area contributed by atoms with Crippen LogP contribution in [0.2, 0.25) is 0 Å². The quantitative estimate of drug-likeness (QED) is 0.856. The molecule has 25 heavy (non-hydrogen) atoms. The summed E-state index contributed by atoms with van der Waals surface area (Å²) in [6, 6.07) is 7.82. The van der Waals surface area contributed by atoms with Crippen LogP contribution in [-0.2, 0) is 11.3 Å². The van der Waals surface area contributed by atoms with Crippen molar-refractivity contribution >= 4 is 5.91 Å². The second kappa shape index (κ2) is 7.27. The summed E-state index contributed by atoms with van der Waals surface area (Å²) in [5.74, 6) is 0.825. The van der Waals surface area contributed by atoms with Gasteiger partial charge in [0.15, 0.2) is 0 Å². The van der Waals surface area contributed by atoms with Crippen molar-refractivity contribution in [2.24, 2.45) is 0 Å². The maximum Gasteiger partial charge on any atom is 0.257 e. The number of carbonyl (C=O) groups excluding carboxylic acids is 1. The van der Waals surface area contributed by atoms with Crippen LogP contribution in [0.5, 0.6) is 5.75 Å². The van der Waals surface area contributed by atoms with Crippen molar-refractivity contribution in [2.45, 2.75) is 33.4 Å². The van der Waals surface area contributed by atoms with E-state index in [2.05, 4.69) is 5.10 Å². The molecule has 134 valence electrons. The lowest BCUT2D eigenvalue weighted by molar-refractivity contribution is -0.0229. The van der Waals surface area contributed by atoms with Crippen LogP contribution in [0.1, 0.15) is 40.3 Å². The summed E-state index contributed by atoms with van der Waals surface area (Å²) in [6.45, 7) is 8.28. The van der Waals surface area contributed by atoms with E-state index in [-0.39, 0.29) is 12.0 Å². The Bertz CT molecular complexity index is 769. The number of benzene rings is 1. The van der Waals surface area contributed by atoms with Crippen molar-refractivity contribution < 1.29 is 14.3 Å². The fraction of sp³-hybridized carbons (Fsp3) is 0.474. The smallest absolute Gasteiger partial charge is 0.257 e. The molecule has 0 radical (unpaired) electrons. The summed E-state index contributed by atoms with van der Waals surface area (Å²) in [5, 5.41) is 4.47. The minimum Gasteiger partial charge on any atom is -0.497 e. The van der Waals surface area contributed by atoms with Gasteiger partial charge in [-0.05, 0) is 38.5 Å². The first-order valence-corrected chi connectivity index (χ1v) is 8.64. The van der Waals surface area contributed by atoms with Gasteiger partial charge < -0.3 is 14.4 Å². The van der Waals surface area contributed by atoms with E-state index in [1.165, 1.54) is 0 Å². The predicted molar refractivity (Wildman–Crippen MR) is 95.0 cm³/mol. The molecule has 1 amide bonds. The number of carbonyl (C=O) groups is 1. The van der Waals surface area contributed by atoms with E-state index in [4.69, 9.17) is 9.47 Å². The minimum absolute atomic E-state index is 0.0332. The van der Waals surface area contributed by atoms with Gasteiger partial charge in [-0.25, -0.2) is 0 Å². The Morgan fingerprint density at radius 2 is 2.20 bits per heavy atom. The number of aryl methyl sites for hydroxylation is 2. The Labute approximate surface area is 148 Å². The number of nitrogens with zero attached hydrogens (tertiary/aromatic N) is 3. The third-order valence-electron chi connectivity index (χ3n) is 4.71. The third kappa shape index (κ3) is 3.39. The Hall–Kier alpha value is -2.34. The molecule has 0 N–H and O–H groups in total. The number of amides is 1. The number of hydrogen-bond donors (Lipinski definition) is 0. The number of morpholine rings is 1. The highest BCUT2D eigenvalue weighted by atomic mass is 16.5. The molecule has 6 nitrogen and oxygen atoms in total. The van der Waals surface area contributed by atoms with Gasteiger partial charge in [0, 0.05) is 18.8 Å². The maximum absolute atomic E-state index is 13.1. The van der Waals surface area contributed by atoms with Crippen molar-refractivity contribution in [1.82, 2.24) is 14.7 Å². The highest BCUT2D eigenvalue weighted by Crippen LogP contribution is 2.27. The summed E-state index contributed by atoms with van der Waals surface area (Å²) < 4.78 is 13.1. The highest BCUT2D eigenvalue weighted by Gasteiger charge is 2.29. The van der Waals surface area contributed by atoms with Gasteiger partial charge >= 0.3 is 0 Å². The Morgan fingerprint density at radius 3 is 2.88 bits per heavy atom. The average molecular weight is 343 g/mol. The Kier molecular flexibility index (Phi) is 5.08. The van der Waals surface area contributed by atoms with Crippen LogP contribution >= 0.6 is 0 Å². The second-order valence-corrected chi connectivity index (χ2v) is 6.25. The van der Waals surface area contributed by atoms with E-state index < -0.39 is 0 Å². The number of hydrogen-bond acceptors (Lipinski definition) is 4. The van der Waals surface area contributed by atoms with Crippen LogP contribution in [0.4, 0.5) is 0 Å². The van der Waals surface area contributed by atoms with E-state index in [0.717, 1.165) is 29.2 Å². The van der Waals surface area contributed by atoms with Crippen molar-refractivity contribution in [2.75, 3.05) is 26.8 Å². The molecule has 6 heteroatoms. The lowest BCUT2D eigenvalue weighted by Crippen LogP contribution is -2.42. The molecule has 0 saturated carbocycles. The summed E-state index contributed by atoms with van der Waals surface area (Å²) in [7, 11) is 1.65. The second-order valence-electron chi connectivity index (χ2n) is 6.25. The first-order valence-electron chi connectivity index (χ1n) is 8.64. The van der Waals surface area contributed by atoms with Gasteiger partial charge in [0.25, 0.3) is 5.91 Å². The van der Waals surface area contributed by atoms with E-state index in [0.29, 0.717) is 25.3 Å². The molecule has 0 aliphatic carbocycles. The molecule has 1 aliphatic heterocycles. The molecule has 2 aromatic rings. The lowest BCUT2D eigenvalue weighted by Gasteiger charge is -2.33. The van der Waals surface area contributed by atoms with Crippen LogP contribution in [0.3, 0.4) is 0 Å². The molecule has 1 aromatic heterocycles. The maximum atomic E-state index is 13.1. The van der Waals surface area contributed by atoms with Gasteiger partial charge in [0.05, 0.1) is 31.5 Å². The van der Waals surface area contributed by atoms with Gasteiger partial charge in [-0.3, -0.25) is 9.48 Å². The van der Waals surface area contributed by atoms with Crippen LogP contribution in [-0.4, -0.2) is 47.4 Å². The van der Waals surface area contributed by atoms with Crippen molar-refractivity contribution in [1.29, 1.82) is 0 Å². The van der Waals surface area contributed by atoms with Gasteiger partial charge in [0.1, 0.15) is 11.9 Å². The summed E-state index contributed by atoms with van der Waals surface area (Å²) in [6.07, 6.45) is -0.144. The number of methoxy groups -OCH3 is 1. The Balaban J connectivity index is 1.81. The number of rotatable bonds is 4. The van der Waals surface area contributed by atoms with Crippen molar-refractivity contribution in [3.8, 4) is 5.75 Å². The zero-order valence-electron chi connectivity index (χ0n) is 15.3. The molecule has 1 aliphatic rings. The van der Waals surface area contributed by atoms with Gasteiger partial charge in [-0.15, -0.1) is 0 Å². The largest absolute Gasteiger partial charge is 0.497 e. The minimum atomic E-state index is -0.144. The SMILES string of the molecule is CCn1nc(C)c(C(=O)N2CCOC(c3cccc(OC)c3)C2)c1C. The van der Waals surface area contributed by atoms with E-state index in [1.54, 1.807) is 7.11 Å². The van der Waals surface area contributed by atoms with Crippen LogP contribution in [0.25, 0.3) is 0 Å². The Morgan fingerprint density at radius 1 is 1.40 bits per heavy atom. The zero-order chi connectivity index (χ0) is 18.0. The normalized spacial score (nSPS) is 17.6. The predicted octanol–water partition coefficient (Wildman–Crippen LogP) is 2.74. The van der Waals surface area contributed by atoms with Crippen LogP contribution in [0, 0.1) is 13.8 Å². The topological polar surface area (TPSA) is 56.6 Å². The summed E-state index contributed by atoms with van der Waals surface area (Å²) in [4.78, 5) is 14.9. The third-order valence-corrected chi connectivity index (χ3v) is 4.71. The number of ether oxygens (including phenoxy) is 2. The molecule has 0 bridgehead atoms. The molecule has 1 atom stereocenters. The van der Waals surface area contributed by atoms with E-state index in [1.807, 2.05) is 54.6 Å². The van der Waals surface area contributed by atoms with Gasteiger partial charge in [-0.1, -0.05) is 12.1 Å². The van der Waals surface area contributed by atoms with Gasteiger partial charge in [-0.2, -0.15) is 5.10 Å². The molecule has 0 spiro atoms. The van der Waals surface area contributed by atoms with E-state index >= 15 is 0 Å². The van der Waals surface area contributed by atoms with Gasteiger partial charge in [0.2, 0.25) is 0 Å². The van der Waals surface area contributed by atoms with Crippen molar-refractivity contribution in [3.63, 3.8) is 0 Å².